The highest BCUT2D eigenvalue weighted by molar-refractivity contribution is 5.96. The number of amides is 1. The highest BCUT2D eigenvalue weighted by Gasteiger charge is 2.25. The van der Waals surface area contributed by atoms with E-state index >= 15 is 0 Å². The van der Waals surface area contributed by atoms with Crippen LogP contribution in [0.25, 0.3) is 0 Å². The quantitative estimate of drug-likeness (QED) is 0.691. The Labute approximate surface area is 174 Å². The van der Waals surface area contributed by atoms with Gasteiger partial charge in [-0.2, -0.15) is 0 Å². The minimum atomic E-state index is -0.0732. The lowest BCUT2D eigenvalue weighted by Crippen LogP contribution is -2.49. The normalized spacial score (nSPS) is 13.8. The van der Waals surface area contributed by atoms with Gasteiger partial charge in [-0.3, -0.25) is 4.79 Å². The molecule has 9 nitrogen and oxygen atoms in total. The van der Waals surface area contributed by atoms with Crippen molar-refractivity contribution in [2.75, 3.05) is 43.5 Å². The van der Waals surface area contributed by atoms with E-state index in [4.69, 9.17) is 4.74 Å². The van der Waals surface area contributed by atoms with Gasteiger partial charge in [0.1, 0.15) is 28.8 Å². The summed E-state index contributed by atoms with van der Waals surface area (Å²) in [6, 6.07) is 11.1. The summed E-state index contributed by atoms with van der Waals surface area (Å²) in [6.45, 7) is 4.38. The summed E-state index contributed by atoms with van der Waals surface area (Å²) in [6.07, 6.45) is 3.34. The minimum Gasteiger partial charge on any atom is -0.480 e. The van der Waals surface area contributed by atoms with Crippen LogP contribution in [0.15, 0.2) is 48.8 Å². The van der Waals surface area contributed by atoms with E-state index in [0.717, 1.165) is 11.6 Å². The molecule has 4 heterocycles. The third kappa shape index (κ3) is 4.29. The van der Waals surface area contributed by atoms with Gasteiger partial charge in [-0.25, -0.2) is 19.9 Å². The van der Waals surface area contributed by atoms with E-state index in [1.807, 2.05) is 36.1 Å². The molecule has 0 radical (unpaired) electrons. The molecule has 3 aromatic rings. The number of hydrogen-bond acceptors (Lipinski definition) is 8. The highest BCUT2D eigenvalue weighted by Crippen LogP contribution is 2.22. The average Bonchev–Trinajstić information content (AvgIpc) is 2.79. The number of aromatic nitrogens is 4. The molecule has 0 spiro atoms. The second-order valence-electron chi connectivity index (χ2n) is 6.84. The van der Waals surface area contributed by atoms with Crippen molar-refractivity contribution < 1.29 is 9.53 Å². The second kappa shape index (κ2) is 8.73. The number of pyridine rings is 2. The average molecular weight is 405 g/mol. The molecular formula is C21H23N7O2. The number of piperazine rings is 1. The van der Waals surface area contributed by atoms with E-state index in [1.54, 1.807) is 24.5 Å². The second-order valence-corrected chi connectivity index (χ2v) is 6.84. The fraction of sp³-hybridized carbons (Fsp3) is 0.286. The van der Waals surface area contributed by atoms with Crippen molar-refractivity contribution in [1.29, 1.82) is 0 Å². The summed E-state index contributed by atoms with van der Waals surface area (Å²) in [5.41, 5.74) is 0.480. The fourth-order valence-corrected chi connectivity index (χ4v) is 3.37. The SMILES string of the molecule is COc1ncccc1C(=O)N1CCN(c2cc(Nc3ccccn3)nc(C)n2)CC1. The number of aryl methyl sites for hydroxylation is 1. The number of carbonyl (C=O) groups excluding carboxylic acids is 1. The van der Waals surface area contributed by atoms with Crippen molar-refractivity contribution in [2.24, 2.45) is 0 Å². The van der Waals surface area contributed by atoms with Gasteiger partial charge in [-0.15, -0.1) is 0 Å². The van der Waals surface area contributed by atoms with Gasteiger partial charge in [0.2, 0.25) is 5.88 Å². The van der Waals surface area contributed by atoms with E-state index in [0.29, 0.717) is 49.3 Å². The Balaban J connectivity index is 1.44. The first-order valence-electron chi connectivity index (χ1n) is 9.71. The van der Waals surface area contributed by atoms with E-state index < -0.39 is 0 Å². The van der Waals surface area contributed by atoms with Gasteiger partial charge in [0.15, 0.2) is 0 Å². The molecule has 1 saturated heterocycles. The number of hydrogen-bond donors (Lipinski definition) is 1. The Morgan fingerprint density at radius 3 is 2.53 bits per heavy atom. The first kappa shape index (κ1) is 19.6. The molecule has 0 atom stereocenters. The summed E-state index contributed by atoms with van der Waals surface area (Å²) >= 11 is 0. The topological polar surface area (TPSA) is 96.4 Å². The fourth-order valence-electron chi connectivity index (χ4n) is 3.37. The zero-order valence-corrected chi connectivity index (χ0v) is 16.9. The van der Waals surface area contributed by atoms with E-state index in [1.165, 1.54) is 7.11 Å². The molecular weight excluding hydrogens is 382 g/mol. The van der Waals surface area contributed by atoms with Crippen molar-refractivity contribution in [3.8, 4) is 5.88 Å². The van der Waals surface area contributed by atoms with Gasteiger partial charge >= 0.3 is 0 Å². The summed E-state index contributed by atoms with van der Waals surface area (Å²) in [4.78, 5) is 34.3. The Bertz CT molecular complexity index is 1020. The Morgan fingerprint density at radius 1 is 1.00 bits per heavy atom. The van der Waals surface area contributed by atoms with Crippen LogP contribution < -0.4 is 15.0 Å². The molecule has 0 aromatic carbocycles. The van der Waals surface area contributed by atoms with Gasteiger partial charge in [0, 0.05) is 44.6 Å². The summed E-state index contributed by atoms with van der Waals surface area (Å²) < 4.78 is 5.22. The number of nitrogens with zero attached hydrogens (tertiary/aromatic N) is 6. The van der Waals surface area contributed by atoms with Gasteiger partial charge in [0.05, 0.1) is 7.11 Å². The predicted molar refractivity (Wildman–Crippen MR) is 113 cm³/mol. The Kier molecular flexibility index (Phi) is 5.69. The van der Waals surface area contributed by atoms with Crippen LogP contribution in [0, 0.1) is 6.92 Å². The highest BCUT2D eigenvalue weighted by atomic mass is 16.5. The molecule has 4 rings (SSSR count). The van der Waals surface area contributed by atoms with Crippen molar-refractivity contribution >= 4 is 23.4 Å². The number of carbonyl (C=O) groups is 1. The number of rotatable bonds is 5. The number of anilines is 3. The number of methoxy groups -OCH3 is 1. The smallest absolute Gasteiger partial charge is 0.259 e. The zero-order chi connectivity index (χ0) is 20.9. The summed E-state index contributed by atoms with van der Waals surface area (Å²) in [7, 11) is 1.52. The van der Waals surface area contributed by atoms with Crippen molar-refractivity contribution in [2.45, 2.75) is 6.92 Å². The van der Waals surface area contributed by atoms with Crippen LogP contribution >= 0.6 is 0 Å². The maximum absolute atomic E-state index is 12.9. The molecule has 0 saturated carbocycles. The third-order valence-electron chi connectivity index (χ3n) is 4.83. The molecule has 3 aromatic heterocycles. The van der Waals surface area contributed by atoms with Gasteiger partial charge in [0.25, 0.3) is 5.91 Å². The molecule has 1 aliphatic heterocycles. The van der Waals surface area contributed by atoms with Gasteiger partial charge < -0.3 is 19.9 Å². The number of ether oxygens (including phenoxy) is 1. The lowest BCUT2D eigenvalue weighted by Gasteiger charge is -2.35. The molecule has 0 aliphatic carbocycles. The van der Waals surface area contributed by atoms with E-state index in [9.17, 15) is 4.79 Å². The van der Waals surface area contributed by atoms with Crippen LogP contribution in [0.3, 0.4) is 0 Å². The van der Waals surface area contributed by atoms with Crippen LogP contribution in [0.4, 0.5) is 17.5 Å². The Hall–Kier alpha value is -3.75. The minimum absolute atomic E-state index is 0.0732. The lowest BCUT2D eigenvalue weighted by molar-refractivity contribution is 0.0742. The lowest BCUT2D eigenvalue weighted by atomic mass is 10.2. The summed E-state index contributed by atoms with van der Waals surface area (Å²) in [5.74, 6) is 3.19. The monoisotopic (exact) mass is 405 g/mol. The first-order valence-corrected chi connectivity index (χ1v) is 9.71. The molecule has 30 heavy (non-hydrogen) atoms. The largest absolute Gasteiger partial charge is 0.480 e. The van der Waals surface area contributed by atoms with Crippen molar-refractivity contribution in [1.82, 2.24) is 24.8 Å². The molecule has 1 N–H and O–H groups in total. The molecule has 154 valence electrons. The van der Waals surface area contributed by atoms with Gasteiger partial charge in [-0.05, 0) is 31.2 Å². The van der Waals surface area contributed by atoms with Crippen LogP contribution in [-0.4, -0.2) is 64.0 Å². The molecule has 0 unspecified atom stereocenters. The Morgan fingerprint density at radius 2 is 1.80 bits per heavy atom. The molecule has 1 fully saturated rings. The van der Waals surface area contributed by atoms with Crippen LogP contribution in [0.5, 0.6) is 5.88 Å². The zero-order valence-electron chi connectivity index (χ0n) is 16.9. The predicted octanol–water partition coefficient (Wildman–Crippen LogP) is 2.29. The van der Waals surface area contributed by atoms with Crippen molar-refractivity contribution in [3.05, 3.63) is 60.2 Å². The maximum atomic E-state index is 12.9. The van der Waals surface area contributed by atoms with Crippen LogP contribution in [0.1, 0.15) is 16.2 Å². The number of nitrogens with one attached hydrogen (secondary N) is 1. The maximum Gasteiger partial charge on any atom is 0.259 e. The van der Waals surface area contributed by atoms with Crippen LogP contribution in [0.2, 0.25) is 0 Å². The van der Waals surface area contributed by atoms with Crippen LogP contribution in [-0.2, 0) is 0 Å². The van der Waals surface area contributed by atoms with Crippen molar-refractivity contribution in [3.63, 3.8) is 0 Å². The third-order valence-corrected chi connectivity index (χ3v) is 4.83. The molecule has 1 amide bonds. The standard InChI is InChI=1S/C21H23N7O2/c1-15-24-18(26-17-7-3-4-8-22-17)14-19(25-15)27-10-12-28(13-11-27)21(29)16-6-5-9-23-20(16)30-2/h3-9,14H,10-13H2,1-2H3,(H,22,24,25,26). The summed E-state index contributed by atoms with van der Waals surface area (Å²) in [5, 5.41) is 3.21. The molecule has 9 heteroatoms. The first-order chi connectivity index (χ1) is 14.6. The molecule has 1 aliphatic rings. The molecule has 0 bridgehead atoms. The van der Waals surface area contributed by atoms with E-state index in [-0.39, 0.29) is 5.91 Å². The van der Waals surface area contributed by atoms with E-state index in [2.05, 4.69) is 30.2 Å². The van der Waals surface area contributed by atoms with Gasteiger partial charge in [-0.1, -0.05) is 6.07 Å².